The van der Waals surface area contributed by atoms with Gasteiger partial charge in [-0.3, -0.25) is 9.69 Å². The van der Waals surface area contributed by atoms with E-state index in [4.69, 9.17) is 11.6 Å². The van der Waals surface area contributed by atoms with E-state index in [-0.39, 0.29) is 17.6 Å². The monoisotopic (exact) mass is 375 g/mol. The molecule has 0 amide bonds. The smallest absolute Gasteiger partial charge is 0.290 e. The van der Waals surface area contributed by atoms with Gasteiger partial charge >= 0.3 is 0 Å². The Morgan fingerprint density at radius 3 is 2.35 bits per heavy atom. The van der Waals surface area contributed by atoms with E-state index in [1.54, 1.807) is 4.68 Å². The van der Waals surface area contributed by atoms with Crippen LogP contribution in [-0.2, 0) is 0 Å². The number of benzene rings is 1. The first-order valence-corrected chi connectivity index (χ1v) is 9.44. The first-order chi connectivity index (χ1) is 12.4. The average Bonchev–Trinajstić information content (AvgIpc) is 2.62. The SMILES string of the molecule is CC(C)c1nc(-c2ccccc2Cl)nn(C(C)N2CCN(C)CC2)c1=O. The first kappa shape index (κ1) is 19.0. The Morgan fingerprint density at radius 2 is 1.73 bits per heavy atom. The molecule has 26 heavy (non-hydrogen) atoms. The summed E-state index contributed by atoms with van der Waals surface area (Å²) in [4.78, 5) is 22.1. The maximum absolute atomic E-state index is 13.0. The van der Waals surface area contributed by atoms with E-state index < -0.39 is 0 Å². The summed E-state index contributed by atoms with van der Waals surface area (Å²) in [7, 11) is 2.12. The largest absolute Gasteiger partial charge is 0.304 e. The van der Waals surface area contributed by atoms with Crippen molar-refractivity contribution in [3.05, 3.63) is 45.3 Å². The third kappa shape index (κ3) is 3.82. The third-order valence-electron chi connectivity index (χ3n) is 4.94. The molecule has 140 valence electrons. The number of halogens is 1. The van der Waals surface area contributed by atoms with Gasteiger partial charge in [0.2, 0.25) is 0 Å². The Balaban J connectivity index is 2.06. The zero-order valence-electron chi connectivity index (χ0n) is 15.8. The number of hydrogen-bond acceptors (Lipinski definition) is 5. The highest BCUT2D eigenvalue weighted by Gasteiger charge is 2.24. The Bertz CT molecular complexity index is 827. The lowest BCUT2D eigenvalue weighted by Gasteiger charge is -2.36. The van der Waals surface area contributed by atoms with Crippen LogP contribution in [0.1, 0.15) is 38.5 Å². The normalized spacial score (nSPS) is 17.6. The molecule has 1 aromatic heterocycles. The first-order valence-electron chi connectivity index (χ1n) is 9.06. The highest BCUT2D eigenvalue weighted by molar-refractivity contribution is 6.33. The molecule has 0 aliphatic carbocycles. The van der Waals surface area contributed by atoms with E-state index in [1.807, 2.05) is 45.0 Å². The lowest BCUT2D eigenvalue weighted by atomic mass is 10.1. The predicted octanol–water partition coefficient (Wildman–Crippen LogP) is 2.85. The lowest BCUT2D eigenvalue weighted by molar-refractivity contribution is 0.0760. The highest BCUT2D eigenvalue weighted by Crippen LogP contribution is 2.25. The van der Waals surface area contributed by atoms with Gasteiger partial charge in [-0.1, -0.05) is 37.6 Å². The molecule has 1 aliphatic rings. The van der Waals surface area contributed by atoms with Gasteiger partial charge in [0.1, 0.15) is 11.9 Å². The van der Waals surface area contributed by atoms with Crippen molar-refractivity contribution < 1.29 is 0 Å². The molecule has 0 bridgehead atoms. The van der Waals surface area contributed by atoms with Gasteiger partial charge in [0, 0.05) is 37.7 Å². The third-order valence-corrected chi connectivity index (χ3v) is 5.27. The number of rotatable bonds is 4. The van der Waals surface area contributed by atoms with Crippen LogP contribution in [-0.4, -0.2) is 57.8 Å². The molecule has 0 N–H and O–H groups in total. The number of piperazine rings is 1. The molecule has 1 aliphatic heterocycles. The molecule has 1 unspecified atom stereocenters. The topological polar surface area (TPSA) is 54.3 Å². The Morgan fingerprint density at radius 1 is 1.08 bits per heavy atom. The van der Waals surface area contributed by atoms with Gasteiger partial charge in [0.05, 0.1) is 5.02 Å². The summed E-state index contributed by atoms with van der Waals surface area (Å²) in [5.74, 6) is 0.512. The number of hydrogen-bond donors (Lipinski definition) is 0. The molecule has 1 atom stereocenters. The minimum atomic E-state index is -0.127. The predicted molar refractivity (Wildman–Crippen MR) is 105 cm³/mol. The fourth-order valence-corrected chi connectivity index (χ4v) is 3.41. The van der Waals surface area contributed by atoms with Crippen LogP contribution in [0.15, 0.2) is 29.1 Å². The van der Waals surface area contributed by atoms with E-state index >= 15 is 0 Å². The minimum Gasteiger partial charge on any atom is -0.304 e. The fraction of sp³-hybridized carbons (Fsp3) is 0.526. The van der Waals surface area contributed by atoms with E-state index in [2.05, 4.69) is 26.9 Å². The van der Waals surface area contributed by atoms with Crippen LogP contribution in [0, 0.1) is 0 Å². The van der Waals surface area contributed by atoms with E-state index in [1.165, 1.54) is 0 Å². The van der Waals surface area contributed by atoms with Gasteiger partial charge in [-0.05, 0) is 26.1 Å². The van der Waals surface area contributed by atoms with E-state index in [0.29, 0.717) is 16.5 Å². The van der Waals surface area contributed by atoms with Crippen molar-refractivity contribution in [1.82, 2.24) is 24.6 Å². The van der Waals surface area contributed by atoms with Crippen molar-refractivity contribution >= 4 is 11.6 Å². The summed E-state index contributed by atoms with van der Waals surface area (Å²) in [6, 6.07) is 7.47. The summed E-state index contributed by atoms with van der Waals surface area (Å²) in [6.45, 7) is 9.77. The second kappa shape index (κ2) is 7.86. The number of nitrogens with zero attached hydrogens (tertiary/aromatic N) is 5. The van der Waals surface area contributed by atoms with Crippen molar-refractivity contribution in [2.24, 2.45) is 0 Å². The van der Waals surface area contributed by atoms with Crippen LogP contribution >= 0.6 is 11.6 Å². The zero-order valence-corrected chi connectivity index (χ0v) is 16.6. The van der Waals surface area contributed by atoms with E-state index in [0.717, 1.165) is 31.7 Å². The van der Waals surface area contributed by atoms with Gasteiger partial charge in [0.15, 0.2) is 5.82 Å². The summed E-state index contributed by atoms with van der Waals surface area (Å²) in [5, 5.41) is 5.18. The number of aromatic nitrogens is 3. The second-order valence-corrected chi connectivity index (χ2v) is 7.58. The molecule has 1 saturated heterocycles. The summed E-state index contributed by atoms with van der Waals surface area (Å²) in [5.41, 5.74) is 1.15. The second-order valence-electron chi connectivity index (χ2n) is 7.18. The molecule has 2 heterocycles. The van der Waals surface area contributed by atoms with Gasteiger partial charge in [-0.15, -0.1) is 5.10 Å². The molecule has 0 spiro atoms. The average molecular weight is 376 g/mol. The van der Waals surface area contributed by atoms with Crippen molar-refractivity contribution in [3.63, 3.8) is 0 Å². The van der Waals surface area contributed by atoms with Crippen molar-refractivity contribution in [2.45, 2.75) is 32.9 Å². The molecule has 6 nitrogen and oxygen atoms in total. The Hall–Kier alpha value is -1.76. The molecule has 0 radical (unpaired) electrons. The zero-order chi connectivity index (χ0) is 18.8. The van der Waals surface area contributed by atoms with Crippen LogP contribution in [0.3, 0.4) is 0 Å². The van der Waals surface area contributed by atoms with E-state index in [9.17, 15) is 4.79 Å². The fourth-order valence-electron chi connectivity index (χ4n) is 3.19. The summed E-state index contributed by atoms with van der Waals surface area (Å²) < 4.78 is 1.58. The Labute approximate surface area is 159 Å². The van der Waals surface area contributed by atoms with Crippen molar-refractivity contribution in [3.8, 4) is 11.4 Å². The molecular weight excluding hydrogens is 350 g/mol. The number of likely N-dealkylation sites (N-methyl/N-ethyl adjacent to an activating group) is 1. The standard InChI is InChI=1S/C19H26ClN5O/c1-13(2)17-19(26)25(14(3)24-11-9-23(4)10-12-24)22-18(21-17)15-7-5-6-8-16(15)20/h5-8,13-14H,9-12H2,1-4H3. The summed E-state index contributed by atoms with van der Waals surface area (Å²) in [6.07, 6.45) is -0.127. The molecule has 1 fully saturated rings. The quantitative estimate of drug-likeness (QED) is 0.822. The van der Waals surface area contributed by atoms with Crippen LogP contribution < -0.4 is 5.56 Å². The molecule has 3 rings (SSSR count). The Kier molecular flexibility index (Phi) is 5.75. The van der Waals surface area contributed by atoms with Crippen molar-refractivity contribution in [2.75, 3.05) is 33.2 Å². The lowest BCUT2D eigenvalue weighted by Crippen LogP contribution is -2.49. The molecule has 7 heteroatoms. The van der Waals surface area contributed by atoms with Crippen LogP contribution in [0.4, 0.5) is 0 Å². The minimum absolute atomic E-state index is 0.0117. The molecule has 2 aromatic rings. The van der Waals surface area contributed by atoms with Gasteiger partial charge < -0.3 is 4.90 Å². The highest BCUT2D eigenvalue weighted by atomic mass is 35.5. The maximum Gasteiger partial charge on any atom is 0.290 e. The van der Waals surface area contributed by atoms with Gasteiger partial charge in [0.25, 0.3) is 5.56 Å². The maximum atomic E-state index is 13.0. The van der Waals surface area contributed by atoms with Crippen LogP contribution in [0.5, 0.6) is 0 Å². The van der Waals surface area contributed by atoms with Crippen molar-refractivity contribution in [1.29, 1.82) is 0 Å². The van der Waals surface area contributed by atoms with Crippen LogP contribution in [0.25, 0.3) is 11.4 Å². The summed E-state index contributed by atoms with van der Waals surface area (Å²) >= 11 is 6.34. The van der Waals surface area contributed by atoms with Gasteiger partial charge in [-0.25, -0.2) is 9.67 Å². The molecule has 0 saturated carbocycles. The molecular formula is C19H26ClN5O. The molecule has 1 aromatic carbocycles. The van der Waals surface area contributed by atoms with Crippen LogP contribution in [0.2, 0.25) is 5.02 Å². The van der Waals surface area contributed by atoms with Gasteiger partial charge in [-0.2, -0.15) is 0 Å².